The van der Waals surface area contributed by atoms with E-state index in [2.05, 4.69) is 9.80 Å². The first kappa shape index (κ1) is 22.6. The molecule has 10 nitrogen and oxygen atoms in total. The van der Waals surface area contributed by atoms with Crippen molar-refractivity contribution in [3.63, 3.8) is 0 Å². The molecule has 3 heterocycles. The zero-order chi connectivity index (χ0) is 21.5. The highest BCUT2D eigenvalue weighted by molar-refractivity contribution is 5.74. The van der Waals surface area contributed by atoms with Gasteiger partial charge in [-0.1, -0.05) is 0 Å². The number of ether oxygens (including phenoxy) is 1. The Hall–Kier alpha value is -2.07. The Balaban J connectivity index is 1.30. The van der Waals surface area contributed by atoms with E-state index in [0.29, 0.717) is 18.9 Å². The predicted molar refractivity (Wildman–Crippen MR) is 112 cm³/mol. The molecular weight excluding hydrogens is 388 g/mol. The fourth-order valence-electron chi connectivity index (χ4n) is 4.59. The number of nitrogens with two attached hydrogens (primary N) is 1. The molecule has 4 N–H and O–H groups in total. The summed E-state index contributed by atoms with van der Waals surface area (Å²) in [6.45, 7) is 8.36. The smallest absolute Gasteiger partial charge is 0.410 e. The highest BCUT2D eigenvalue weighted by Crippen LogP contribution is 2.22. The largest absolute Gasteiger partial charge is 0.481 e. The third-order valence-electron chi connectivity index (χ3n) is 6.50. The Morgan fingerprint density at radius 2 is 1.77 bits per heavy atom. The maximum atomic E-state index is 12.2. The molecule has 0 radical (unpaired) electrons. The number of amides is 1. The van der Waals surface area contributed by atoms with Gasteiger partial charge >= 0.3 is 12.1 Å². The Morgan fingerprint density at radius 1 is 1.10 bits per heavy atom. The summed E-state index contributed by atoms with van der Waals surface area (Å²) in [4.78, 5) is 31.3. The van der Waals surface area contributed by atoms with Gasteiger partial charge in [0.2, 0.25) is 0 Å². The van der Waals surface area contributed by atoms with Crippen molar-refractivity contribution >= 4 is 18.0 Å². The quantitative estimate of drug-likeness (QED) is 0.356. The molecule has 3 saturated heterocycles. The number of carboxylic acids is 1. The van der Waals surface area contributed by atoms with Crippen LogP contribution in [0.4, 0.5) is 4.79 Å². The molecular formula is C20H36N6O4. The molecule has 0 aliphatic carbocycles. The van der Waals surface area contributed by atoms with Gasteiger partial charge in [0.25, 0.3) is 0 Å². The molecule has 0 bridgehead atoms. The van der Waals surface area contributed by atoms with Crippen LogP contribution in [0.2, 0.25) is 0 Å². The minimum atomic E-state index is -0.734. The van der Waals surface area contributed by atoms with Crippen LogP contribution < -0.4 is 5.73 Å². The molecule has 1 unspecified atom stereocenters. The van der Waals surface area contributed by atoms with Crippen LogP contribution in [0.15, 0.2) is 0 Å². The Kier molecular flexibility index (Phi) is 8.15. The second-order valence-electron chi connectivity index (χ2n) is 8.70. The van der Waals surface area contributed by atoms with Crippen LogP contribution in [-0.4, -0.2) is 114 Å². The summed E-state index contributed by atoms with van der Waals surface area (Å²) in [7, 11) is 0. The Bertz CT molecular complexity index is 602. The lowest BCUT2D eigenvalue weighted by molar-refractivity contribution is -0.137. The lowest BCUT2D eigenvalue weighted by atomic mass is 9.93. The lowest BCUT2D eigenvalue weighted by Crippen LogP contribution is -2.49. The Morgan fingerprint density at radius 3 is 2.40 bits per heavy atom. The number of cyclic esters (lactones) is 1. The first-order valence-corrected chi connectivity index (χ1v) is 11.1. The fourth-order valence-corrected chi connectivity index (χ4v) is 4.59. The van der Waals surface area contributed by atoms with Crippen molar-refractivity contribution in [2.45, 2.75) is 38.2 Å². The van der Waals surface area contributed by atoms with E-state index in [1.807, 2.05) is 9.80 Å². The number of hydrogen-bond acceptors (Lipinski definition) is 6. The summed E-state index contributed by atoms with van der Waals surface area (Å²) < 4.78 is 5.60. The molecule has 1 atom stereocenters. The first-order chi connectivity index (χ1) is 14.4. The zero-order valence-electron chi connectivity index (χ0n) is 17.8. The topological polar surface area (TPSA) is 126 Å². The summed E-state index contributed by atoms with van der Waals surface area (Å²) >= 11 is 0. The van der Waals surface area contributed by atoms with E-state index in [0.717, 1.165) is 78.2 Å². The van der Waals surface area contributed by atoms with E-state index in [4.69, 9.17) is 21.0 Å². The van der Waals surface area contributed by atoms with Crippen LogP contribution in [0.1, 0.15) is 32.1 Å². The predicted octanol–water partition coefficient (Wildman–Crippen LogP) is 0.285. The van der Waals surface area contributed by atoms with Crippen molar-refractivity contribution in [3.8, 4) is 0 Å². The highest BCUT2D eigenvalue weighted by atomic mass is 16.6. The van der Waals surface area contributed by atoms with Crippen LogP contribution in [0, 0.1) is 11.3 Å². The molecule has 1 amide bonds. The maximum absolute atomic E-state index is 12.2. The number of carbonyl (C=O) groups excluding carboxylic acids is 1. The molecule has 0 saturated carbocycles. The second kappa shape index (κ2) is 10.8. The van der Waals surface area contributed by atoms with Gasteiger partial charge in [0.15, 0.2) is 5.96 Å². The zero-order valence-corrected chi connectivity index (χ0v) is 17.8. The van der Waals surface area contributed by atoms with Gasteiger partial charge in [0, 0.05) is 58.8 Å². The number of piperidine rings is 1. The molecule has 0 spiro atoms. The third kappa shape index (κ3) is 6.73. The third-order valence-corrected chi connectivity index (χ3v) is 6.50. The summed E-state index contributed by atoms with van der Waals surface area (Å²) in [6.07, 6.45) is 3.65. The van der Waals surface area contributed by atoms with Gasteiger partial charge < -0.3 is 30.3 Å². The van der Waals surface area contributed by atoms with Gasteiger partial charge in [0.05, 0.1) is 6.54 Å². The standard InChI is InChI=1S/C20H36N6O4/c21-19(22)25-7-3-16(4-8-25)5-9-26-15-17(30-20(26)29)14-24-12-10-23(11-13-24)6-1-2-18(27)28/h16-17H,1-15H2,(H3,21,22)(H,27,28). The molecule has 3 fully saturated rings. The van der Waals surface area contributed by atoms with Gasteiger partial charge in [-0.25, -0.2) is 4.79 Å². The Labute approximate surface area is 178 Å². The molecule has 3 aliphatic rings. The fraction of sp³-hybridized carbons (Fsp3) is 0.850. The number of carboxylic acid groups (broad SMARTS) is 1. The number of hydrogen-bond donors (Lipinski definition) is 3. The molecule has 30 heavy (non-hydrogen) atoms. The van der Waals surface area contributed by atoms with E-state index in [9.17, 15) is 9.59 Å². The minimum absolute atomic E-state index is 0.0735. The average Bonchev–Trinajstić information content (AvgIpc) is 3.06. The van der Waals surface area contributed by atoms with Crippen LogP contribution in [0.5, 0.6) is 0 Å². The summed E-state index contributed by atoms with van der Waals surface area (Å²) in [5.74, 6) is -0.00933. The van der Waals surface area contributed by atoms with Crippen molar-refractivity contribution in [1.29, 1.82) is 5.41 Å². The van der Waals surface area contributed by atoms with Crippen molar-refractivity contribution in [2.24, 2.45) is 11.7 Å². The van der Waals surface area contributed by atoms with Gasteiger partial charge in [-0.3, -0.25) is 15.1 Å². The van der Waals surface area contributed by atoms with Gasteiger partial charge in [0.1, 0.15) is 6.10 Å². The SMILES string of the molecule is N=C(N)N1CCC(CCN2CC(CN3CCN(CCCC(=O)O)CC3)OC2=O)CC1. The van der Waals surface area contributed by atoms with E-state index in [1.54, 1.807) is 0 Å². The first-order valence-electron chi connectivity index (χ1n) is 11.1. The molecule has 0 aromatic rings. The van der Waals surface area contributed by atoms with Crippen molar-refractivity contribution in [1.82, 2.24) is 19.6 Å². The van der Waals surface area contributed by atoms with Crippen LogP contribution in [0.25, 0.3) is 0 Å². The van der Waals surface area contributed by atoms with Crippen LogP contribution in [0.3, 0.4) is 0 Å². The molecule has 10 heteroatoms. The van der Waals surface area contributed by atoms with Crippen molar-refractivity contribution in [3.05, 3.63) is 0 Å². The second-order valence-corrected chi connectivity index (χ2v) is 8.70. The maximum Gasteiger partial charge on any atom is 0.410 e. The van der Waals surface area contributed by atoms with Gasteiger partial charge in [-0.2, -0.15) is 0 Å². The summed E-state index contributed by atoms with van der Waals surface area (Å²) in [5, 5.41) is 16.3. The molecule has 3 aliphatic heterocycles. The normalized spacial score (nSPS) is 24.3. The highest BCUT2D eigenvalue weighted by Gasteiger charge is 2.33. The van der Waals surface area contributed by atoms with Crippen LogP contribution in [-0.2, 0) is 9.53 Å². The average molecular weight is 425 g/mol. The molecule has 0 aromatic carbocycles. The minimum Gasteiger partial charge on any atom is -0.481 e. The van der Waals surface area contributed by atoms with Gasteiger partial charge in [-0.15, -0.1) is 0 Å². The molecule has 170 valence electrons. The number of likely N-dealkylation sites (tertiary alicyclic amines) is 1. The van der Waals surface area contributed by atoms with E-state index < -0.39 is 5.97 Å². The molecule has 0 aromatic heterocycles. The number of rotatable bonds is 9. The lowest BCUT2D eigenvalue weighted by Gasteiger charge is -2.35. The van der Waals surface area contributed by atoms with Gasteiger partial charge in [-0.05, 0) is 38.1 Å². The number of nitrogens with zero attached hydrogens (tertiary/aromatic N) is 4. The number of guanidine groups is 1. The number of piperazine rings is 1. The summed E-state index contributed by atoms with van der Waals surface area (Å²) in [5.41, 5.74) is 5.55. The van der Waals surface area contributed by atoms with E-state index >= 15 is 0 Å². The molecule has 3 rings (SSSR count). The van der Waals surface area contributed by atoms with Crippen LogP contribution >= 0.6 is 0 Å². The summed E-state index contributed by atoms with van der Waals surface area (Å²) in [6, 6.07) is 0. The number of aliphatic carboxylic acids is 1. The van der Waals surface area contributed by atoms with Crippen molar-refractivity contribution < 1.29 is 19.4 Å². The van der Waals surface area contributed by atoms with E-state index in [1.165, 1.54) is 0 Å². The number of nitrogens with one attached hydrogen (secondary N) is 1. The number of carbonyl (C=O) groups is 2. The van der Waals surface area contributed by atoms with E-state index in [-0.39, 0.29) is 24.6 Å². The monoisotopic (exact) mass is 424 g/mol. The van der Waals surface area contributed by atoms with Crippen molar-refractivity contribution in [2.75, 3.05) is 65.4 Å².